The van der Waals surface area contributed by atoms with Gasteiger partial charge in [-0.25, -0.2) is 4.98 Å². The molecule has 5 rings (SSSR count). The molecule has 1 aliphatic heterocycles. The summed E-state index contributed by atoms with van der Waals surface area (Å²) in [5, 5.41) is 3.06. The number of halogens is 1. The van der Waals surface area contributed by atoms with E-state index in [0.717, 1.165) is 48.7 Å². The van der Waals surface area contributed by atoms with Crippen molar-refractivity contribution in [2.45, 2.75) is 26.3 Å². The molecule has 2 aromatic carbocycles. The number of nitrogens with two attached hydrogens (primary N) is 1. The van der Waals surface area contributed by atoms with Crippen LogP contribution in [-0.4, -0.2) is 38.5 Å². The number of hydrogen-bond acceptors (Lipinski definition) is 6. The number of hydrogen-bond donors (Lipinski definition) is 2. The van der Waals surface area contributed by atoms with E-state index >= 15 is 0 Å². The largest absolute Gasteiger partial charge is 0.397 e. The van der Waals surface area contributed by atoms with Crippen molar-refractivity contribution in [3.8, 4) is 0 Å². The van der Waals surface area contributed by atoms with E-state index in [1.54, 1.807) is 30.6 Å². The molecule has 3 N–H and O–H groups in total. The molecule has 1 amide bonds. The summed E-state index contributed by atoms with van der Waals surface area (Å²) in [7, 11) is 0. The molecule has 9 heteroatoms. The maximum Gasteiger partial charge on any atom is 0.255 e. The first kappa shape index (κ1) is 22.2. The van der Waals surface area contributed by atoms with Crippen LogP contribution in [0.3, 0.4) is 0 Å². The van der Waals surface area contributed by atoms with Gasteiger partial charge < -0.3 is 20.5 Å². The fourth-order valence-electron chi connectivity index (χ4n) is 4.22. The van der Waals surface area contributed by atoms with Crippen molar-refractivity contribution in [2.24, 2.45) is 5.92 Å². The van der Waals surface area contributed by atoms with Gasteiger partial charge in [0.25, 0.3) is 5.91 Å². The van der Waals surface area contributed by atoms with Gasteiger partial charge in [0, 0.05) is 18.7 Å². The predicted octanol–water partition coefficient (Wildman–Crippen LogP) is 4.60. The van der Waals surface area contributed by atoms with E-state index in [1.165, 1.54) is 0 Å². The molecule has 8 nitrogen and oxygen atoms in total. The van der Waals surface area contributed by atoms with E-state index in [0.29, 0.717) is 29.1 Å². The summed E-state index contributed by atoms with van der Waals surface area (Å²) in [6.45, 7) is 4.71. The van der Waals surface area contributed by atoms with Crippen molar-refractivity contribution >= 4 is 45.9 Å². The number of nitrogen functional groups attached to an aromatic ring is 1. The number of piperidine rings is 1. The van der Waals surface area contributed by atoms with Gasteiger partial charge in [-0.15, -0.1) is 0 Å². The monoisotopic (exact) mass is 475 g/mol. The molecule has 2 aromatic heterocycles. The third-order valence-electron chi connectivity index (χ3n) is 6.28. The minimum absolute atomic E-state index is 0.211. The van der Waals surface area contributed by atoms with Crippen LogP contribution < -0.4 is 16.0 Å². The SMILES string of the molecule is CC1CCN(c2nc(Cl)nc3c2ncn3Cc2ccc(C(=O)Nc3ccccc3N)cc2)CC1. The summed E-state index contributed by atoms with van der Waals surface area (Å²) in [6, 6.07) is 14.6. The molecule has 0 aliphatic carbocycles. The van der Waals surface area contributed by atoms with Crippen molar-refractivity contribution in [2.75, 3.05) is 29.0 Å². The summed E-state index contributed by atoms with van der Waals surface area (Å²) >= 11 is 6.29. The summed E-state index contributed by atoms with van der Waals surface area (Å²) in [5.74, 6) is 1.31. The van der Waals surface area contributed by atoms with E-state index in [1.807, 2.05) is 28.8 Å². The third kappa shape index (κ3) is 4.54. The smallest absolute Gasteiger partial charge is 0.255 e. The van der Waals surface area contributed by atoms with E-state index in [2.05, 4.69) is 32.1 Å². The van der Waals surface area contributed by atoms with E-state index in [4.69, 9.17) is 17.3 Å². The molecule has 1 aliphatic rings. The van der Waals surface area contributed by atoms with Gasteiger partial charge in [-0.2, -0.15) is 9.97 Å². The Morgan fingerprint density at radius 3 is 2.59 bits per heavy atom. The number of fused-ring (bicyclic) bond motifs is 1. The lowest BCUT2D eigenvalue weighted by Crippen LogP contribution is -2.33. The van der Waals surface area contributed by atoms with Gasteiger partial charge in [0.05, 0.1) is 24.2 Å². The molecular weight excluding hydrogens is 450 g/mol. The Bertz CT molecular complexity index is 1330. The number of amides is 1. The fraction of sp³-hybridized carbons (Fsp3) is 0.280. The van der Waals surface area contributed by atoms with Gasteiger partial charge in [-0.05, 0) is 60.2 Å². The Morgan fingerprint density at radius 1 is 1.12 bits per heavy atom. The van der Waals surface area contributed by atoms with Crippen molar-refractivity contribution in [3.05, 3.63) is 71.3 Å². The van der Waals surface area contributed by atoms with Crippen molar-refractivity contribution in [3.63, 3.8) is 0 Å². The Morgan fingerprint density at radius 2 is 1.85 bits per heavy atom. The maximum absolute atomic E-state index is 12.6. The van der Waals surface area contributed by atoms with Crippen molar-refractivity contribution < 1.29 is 4.79 Å². The molecule has 1 fully saturated rings. The molecule has 0 atom stereocenters. The summed E-state index contributed by atoms with van der Waals surface area (Å²) < 4.78 is 1.96. The molecule has 0 bridgehead atoms. The second-order valence-electron chi connectivity index (χ2n) is 8.77. The molecule has 0 unspecified atom stereocenters. The van der Waals surface area contributed by atoms with Crippen molar-refractivity contribution in [1.82, 2.24) is 19.5 Å². The molecule has 3 heterocycles. The molecule has 4 aromatic rings. The van der Waals surface area contributed by atoms with E-state index < -0.39 is 0 Å². The second kappa shape index (κ2) is 9.30. The standard InChI is InChI=1S/C25H26ClN7O/c1-16-10-12-32(13-11-16)22-21-23(31-25(26)30-22)33(15-28-21)14-17-6-8-18(9-7-17)24(34)29-20-5-3-2-4-19(20)27/h2-9,15-16H,10-14,27H2,1H3,(H,29,34). The number of benzene rings is 2. The summed E-state index contributed by atoms with van der Waals surface area (Å²) in [6.07, 6.45) is 4.02. The lowest BCUT2D eigenvalue weighted by molar-refractivity contribution is 0.102. The number of para-hydroxylation sites is 2. The van der Waals surface area contributed by atoms with E-state index in [9.17, 15) is 4.79 Å². The Labute approximate surface area is 202 Å². The van der Waals surface area contributed by atoms with Crippen LogP contribution in [0, 0.1) is 5.92 Å². The number of imidazole rings is 1. The highest BCUT2D eigenvalue weighted by Crippen LogP contribution is 2.28. The molecule has 0 radical (unpaired) electrons. The fourth-order valence-corrected chi connectivity index (χ4v) is 4.38. The van der Waals surface area contributed by atoms with Gasteiger partial charge in [0.1, 0.15) is 0 Å². The van der Waals surface area contributed by atoms with Crippen LogP contribution in [0.4, 0.5) is 17.2 Å². The minimum Gasteiger partial charge on any atom is -0.397 e. The predicted molar refractivity (Wildman–Crippen MR) is 135 cm³/mol. The number of aromatic nitrogens is 4. The highest BCUT2D eigenvalue weighted by Gasteiger charge is 2.22. The Hall–Kier alpha value is -3.65. The number of carbonyl (C=O) groups is 1. The molecule has 174 valence electrons. The molecule has 34 heavy (non-hydrogen) atoms. The van der Waals surface area contributed by atoms with Crippen LogP contribution in [0.25, 0.3) is 11.2 Å². The first-order valence-corrected chi connectivity index (χ1v) is 11.7. The lowest BCUT2D eigenvalue weighted by Gasteiger charge is -2.31. The summed E-state index contributed by atoms with van der Waals surface area (Å²) in [5.41, 5.74) is 10.1. The summed E-state index contributed by atoms with van der Waals surface area (Å²) in [4.78, 5) is 28.4. The molecule has 1 saturated heterocycles. The zero-order chi connectivity index (χ0) is 23.7. The highest BCUT2D eigenvalue weighted by molar-refractivity contribution is 6.28. The maximum atomic E-state index is 12.6. The molecular formula is C25H26ClN7O. The second-order valence-corrected chi connectivity index (χ2v) is 9.11. The van der Waals surface area contributed by atoms with E-state index in [-0.39, 0.29) is 11.2 Å². The van der Waals surface area contributed by atoms with Gasteiger partial charge in [0.15, 0.2) is 17.0 Å². The third-order valence-corrected chi connectivity index (χ3v) is 6.45. The molecule has 0 spiro atoms. The normalized spacial score (nSPS) is 14.5. The first-order chi connectivity index (χ1) is 16.5. The molecule has 0 saturated carbocycles. The van der Waals surface area contributed by atoms with Crippen LogP contribution in [0.15, 0.2) is 54.9 Å². The van der Waals surface area contributed by atoms with Crippen LogP contribution in [0.1, 0.15) is 35.7 Å². The Kier molecular flexibility index (Phi) is 6.06. The van der Waals surface area contributed by atoms with Crippen LogP contribution in [0.5, 0.6) is 0 Å². The van der Waals surface area contributed by atoms with Gasteiger partial charge in [-0.3, -0.25) is 4.79 Å². The number of rotatable bonds is 5. The first-order valence-electron chi connectivity index (χ1n) is 11.4. The average molecular weight is 476 g/mol. The van der Waals surface area contributed by atoms with Gasteiger partial charge in [-0.1, -0.05) is 31.2 Å². The zero-order valence-corrected chi connectivity index (χ0v) is 19.7. The van der Waals surface area contributed by atoms with Crippen LogP contribution in [-0.2, 0) is 6.54 Å². The minimum atomic E-state index is -0.211. The van der Waals surface area contributed by atoms with Gasteiger partial charge in [0.2, 0.25) is 5.28 Å². The van der Waals surface area contributed by atoms with Gasteiger partial charge >= 0.3 is 0 Å². The lowest BCUT2D eigenvalue weighted by atomic mass is 9.99. The number of nitrogens with zero attached hydrogens (tertiary/aromatic N) is 5. The Balaban J connectivity index is 1.34. The topological polar surface area (TPSA) is 102 Å². The zero-order valence-electron chi connectivity index (χ0n) is 18.9. The quantitative estimate of drug-likeness (QED) is 0.323. The van der Waals surface area contributed by atoms with Crippen molar-refractivity contribution in [1.29, 1.82) is 0 Å². The average Bonchev–Trinajstić information content (AvgIpc) is 3.23. The van der Waals surface area contributed by atoms with Crippen LogP contribution in [0.2, 0.25) is 5.28 Å². The van der Waals surface area contributed by atoms with Crippen LogP contribution >= 0.6 is 11.6 Å². The highest BCUT2D eigenvalue weighted by atomic mass is 35.5. The number of nitrogens with one attached hydrogen (secondary N) is 1. The number of carbonyl (C=O) groups excluding carboxylic acids is 1. The number of anilines is 3.